The summed E-state index contributed by atoms with van der Waals surface area (Å²) in [4.78, 5) is 12.5. The van der Waals surface area contributed by atoms with Crippen LogP contribution in [0.3, 0.4) is 0 Å². The summed E-state index contributed by atoms with van der Waals surface area (Å²) in [5, 5.41) is 5.62. The molecule has 2 aromatic heterocycles. The molecular formula is C21H18N2O3. The number of furan rings is 1. The second-order valence-corrected chi connectivity index (χ2v) is 5.98. The molecule has 0 aliphatic rings. The number of aryl methyl sites for hydroxylation is 1. The number of hydrogen-bond donors (Lipinski definition) is 0. The van der Waals surface area contributed by atoms with E-state index in [0.29, 0.717) is 23.8 Å². The van der Waals surface area contributed by atoms with Gasteiger partial charge in [-0.05, 0) is 37.6 Å². The van der Waals surface area contributed by atoms with Crippen LogP contribution >= 0.6 is 0 Å². The smallest absolute Gasteiger partial charge is 0.357 e. The van der Waals surface area contributed by atoms with Crippen LogP contribution in [0.4, 0.5) is 0 Å². The number of ether oxygens (including phenoxy) is 1. The molecular weight excluding hydrogens is 328 g/mol. The Morgan fingerprint density at radius 3 is 2.65 bits per heavy atom. The molecule has 2 aromatic carbocycles. The molecule has 5 nitrogen and oxygen atoms in total. The number of aromatic nitrogens is 2. The van der Waals surface area contributed by atoms with Crippen LogP contribution in [0.15, 0.2) is 65.1 Å². The zero-order chi connectivity index (χ0) is 18.1. The van der Waals surface area contributed by atoms with Crippen molar-refractivity contribution >= 4 is 16.9 Å². The highest BCUT2D eigenvalue weighted by molar-refractivity contribution is 5.90. The molecule has 2 heterocycles. The highest BCUT2D eigenvalue weighted by atomic mass is 16.5. The first-order chi connectivity index (χ1) is 12.7. The summed E-state index contributed by atoms with van der Waals surface area (Å²) in [5.41, 5.74) is 3.59. The zero-order valence-electron chi connectivity index (χ0n) is 14.6. The number of nitrogens with zero attached hydrogens (tertiary/aromatic N) is 2. The third-order valence-electron chi connectivity index (χ3n) is 4.22. The second-order valence-electron chi connectivity index (χ2n) is 5.98. The normalized spacial score (nSPS) is 11.0. The second kappa shape index (κ2) is 6.52. The fraction of sp³-hybridized carbons (Fsp3) is 0.143. The lowest BCUT2D eigenvalue weighted by Crippen LogP contribution is -2.12. The fourth-order valence-electron chi connectivity index (χ4n) is 2.94. The quantitative estimate of drug-likeness (QED) is 0.499. The first kappa shape index (κ1) is 16.1. The number of carbonyl (C=O) groups is 1. The Kier molecular flexibility index (Phi) is 4.05. The van der Waals surface area contributed by atoms with Crippen LogP contribution < -0.4 is 0 Å². The third-order valence-corrected chi connectivity index (χ3v) is 4.22. The molecule has 0 aliphatic carbocycles. The molecule has 0 amide bonds. The number of para-hydroxylation sites is 2. The SMILES string of the molecule is CCOC(=O)c1cc(-c2cc3ccccc3o2)nn1-c1ccccc1C. The number of esters is 1. The summed E-state index contributed by atoms with van der Waals surface area (Å²) in [7, 11) is 0. The van der Waals surface area contributed by atoms with Crippen LogP contribution in [0.2, 0.25) is 0 Å². The van der Waals surface area contributed by atoms with Gasteiger partial charge in [-0.15, -0.1) is 0 Å². The summed E-state index contributed by atoms with van der Waals surface area (Å²) in [6, 6.07) is 19.2. The molecule has 0 N–H and O–H groups in total. The molecule has 0 atom stereocenters. The third kappa shape index (κ3) is 2.77. The van der Waals surface area contributed by atoms with Crippen molar-refractivity contribution < 1.29 is 13.9 Å². The maximum Gasteiger partial charge on any atom is 0.357 e. The lowest BCUT2D eigenvalue weighted by atomic mass is 10.2. The summed E-state index contributed by atoms with van der Waals surface area (Å²) < 4.78 is 12.7. The Labute approximate surface area is 150 Å². The lowest BCUT2D eigenvalue weighted by Gasteiger charge is -2.09. The van der Waals surface area contributed by atoms with Gasteiger partial charge in [-0.2, -0.15) is 5.10 Å². The Morgan fingerprint density at radius 1 is 1.12 bits per heavy atom. The highest BCUT2D eigenvalue weighted by Crippen LogP contribution is 2.29. The minimum Gasteiger partial charge on any atom is -0.461 e. The Morgan fingerprint density at radius 2 is 1.88 bits per heavy atom. The molecule has 0 saturated carbocycles. The van der Waals surface area contributed by atoms with E-state index in [-0.39, 0.29) is 0 Å². The summed E-state index contributed by atoms with van der Waals surface area (Å²) >= 11 is 0. The monoisotopic (exact) mass is 346 g/mol. The number of rotatable bonds is 4. The van der Waals surface area contributed by atoms with E-state index in [4.69, 9.17) is 9.15 Å². The first-order valence-electron chi connectivity index (χ1n) is 8.49. The topological polar surface area (TPSA) is 57.3 Å². The van der Waals surface area contributed by atoms with E-state index in [1.807, 2.05) is 61.5 Å². The predicted octanol–water partition coefficient (Wildman–Crippen LogP) is 4.77. The number of carbonyl (C=O) groups excluding carboxylic acids is 1. The van der Waals surface area contributed by atoms with Gasteiger partial charge in [-0.25, -0.2) is 9.48 Å². The predicted molar refractivity (Wildman–Crippen MR) is 99.5 cm³/mol. The summed E-state index contributed by atoms with van der Waals surface area (Å²) in [6.07, 6.45) is 0. The standard InChI is InChI=1S/C21H18N2O3/c1-3-25-21(24)18-13-16(20-12-15-9-5-7-11-19(15)26-20)22-23(18)17-10-6-4-8-14(17)2/h4-13H,3H2,1-2H3. The minimum atomic E-state index is -0.411. The van der Waals surface area contributed by atoms with Crippen molar-refractivity contribution in [3.05, 3.63) is 71.9 Å². The van der Waals surface area contributed by atoms with Crippen molar-refractivity contribution in [3.8, 4) is 17.1 Å². The van der Waals surface area contributed by atoms with Gasteiger partial charge in [-0.1, -0.05) is 36.4 Å². The highest BCUT2D eigenvalue weighted by Gasteiger charge is 2.21. The maximum absolute atomic E-state index is 12.5. The summed E-state index contributed by atoms with van der Waals surface area (Å²) in [5.74, 6) is 0.203. The average Bonchev–Trinajstić information content (AvgIpc) is 3.26. The van der Waals surface area contributed by atoms with Crippen molar-refractivity contribution in [1.29, 1.82) is 0 Å². The van der Waals surface area contributed by atoms with Crippen molar-refractivity contribution in [2.45, 2.75) is 13.8 Å². The zero-order valence-corrected chi connectivity index (χ0v) is 14.6. The van der Waals surface area contributed by atoms with Gasteiger partial charge in [0.2, 0.25) is 0 Å². The lowest BCUT2D eigenvalue weighted by molar-refractivity contribution is 0.0515. The van der Waals surface area contributed by atoms with E-state index in [1.54, 1.807) is 17.7 Å². The van der Waals surface area contributed by atoms with Gasteiger partial charge < -0.3 is 9.15 Å². The Balaban J connectivity index is 1.88. The molecule has 4 rings (SSSR count). The van der Waals surface area contributed by atoms with Gasteiger partial charge in [-0.3, -0.25) is 0 Å². The first-order valence-corrected chi connectivity index (χ1v) is 8.49. The van der Waals surface area contributed by atoms with Crippen LogP contribution in [0, 0.1) is 6.92 Å². The van der Waals surface area contributed by atoms with Crippen molar-refractivity contribution in [2.75, 3.05) is 6.61 Å². The molecule has 26 heavy (non-hydrogen) atoms. The van der Waals surface area contributed by atoms with E-state index in [0.717, 1.165) is 22.2 Å². The van der Waals surface area contributed by atoms with E-state index in [1.165, 1.54) is 0 Å². The largest absolute Gasteiger partial charge is 0.461 e. The van der Waals surface area contributed by atoms with Gasteiger partial charge >= 0.3 is 5.97 Å². The van der Waals surface area contributed by atoms with Crippen LogP contribution in [0.25, 0.3) is 28.1 Å². The van der Waals surface area contributed by atoms with Crippen LogP contribution in [0.1, 0.15) is 23.0 Å². The average molecular weight is 346 g/mol. The number of hydrogen-bond acceptors (Lipinski definition) is 4. The van der Waals surface area contributed by atoms with Gasteiger partial charge in [0.05, 0.1) is 12.3 Å². The molecule has 0 aliphatic heterocycles. The fourth-order valence-corrected chi connectivity index (χ4v) is 2.94. The minimum absolute atomic E-state index is 0.303. The molecule has 4 aromatic rings. The van der Waals surface area contributed by atoms with E-state index in [2.05, 4.69) is 5.10 Å². The van der Waals surface area contributed by atoms with Gasteiger partial charge in [0.1, 0.15) is 11.3 Å². The van der Waals surface area contributed by atoms with E-state index < -0.39 is 5.97 Å². The van der Waals surface area contributed by atoms with Crippen molar-refractivity contribution in [1.82, 2.24) is 9.78 Å². The van der Waals surface area contributed by atoms with Crippen LogP contribution in [-0.2, 0) is 4.74 Å². The van der Waals surface area contributed by atoms with E-state index in [9.17, 15) is 4.79 Å². The number of fused-ring (bicyclic) bond motifs is 1. The molecule has 0 saturated heterocycles. The van der Waals surface area contributed by atoms with Crippen LogP contribution in [0.5, 0.6) is 0 Å². The molecule has 5 heteroatoms. The molecule has 130 valence electrons. The molecule has 0 spiro atoms. The molecule has 0 radical (unpaired) electrons. The van der Waals surface area contributed by atoms with Crippen molar-refractivity contribution in [2.24, 2.45) is 0 Å². The Bertz CT molecular complexity index is 1060. The number of benzene rings is 2. The summed E-state index contributed by atoms with van der Waals surface area (Å²) in [6.45, 7) is 4.07. The van der Waals surface area contributed by atoms with Crippen molar-refractivity contribution in [3.63, 3.8) is 0 Å². The van der Waals surface area contributed by atoms with Gasteiger partial charge in [0.25, 0.3) is 0 Å². The molecule has 0 bridgehead atoms. The van der Waals surface area contributed by atoms with Crippen LogP contribution in [-0.4, -0.2) is 22.4 Å². The van der Waals surface area contributed by atoms with E-state index >= 15 is 0 Å². The van der Waals surface area contributed by atoms with Gasteiger partial charge in [0.15, 0.2) is 11.5 Å². The Hall–Kier alpha value is -3.34. The van der Waals surface area contributed by atoms with Gasteiger partial charge in [0, 0.05) is 11.5 Å². The molecule has 0 fully saturated rings. The maximum atomic E-state index is 12.5. The molecule has 0 unspecified atom stereocenters.